The zero-order valence-corrected chi connectivity index (χ0v) is 14.8. The SMILES string of the molecule is CCCCCCC=CCC=CCC=CCC=CCCCC(=O)O. The topological polar surface area (TPSA) is 37.3 Å². The van der Waals surface area contributed by atoms with Crippen LogP contribution in [0, 0.1) is 0 Å². The zero-order valence-electron chi connectivity index (χ0n) is 14.8. The summed E-state index contributed by atoms with van der Waals surface area (Å²) in [7, 11) is 0. The van der Waals surface area contributed by atoms with Gasteiger partial charge in [-0.15, -0.1) is 0 Å². The minimum absolute atomic E-state index is 0.262. The van der Waals surface area contributed by atoms with Gasteiger partial charge in [0.2, 0.25) is 0 Å². The van der Waals surface area contributed by atoms with Crippen LogP contribution in [0.5, 0.6) is 0 Å². The van der Waals surface area contributed by atoms with Gasteiger partial charge in [0.1, 0.15) is 0 Å². The van der Waals surface area contributed by atoms with Gasteiger partial charge in [0.05, 0.1) is 0 Å². The van der Waals surface area contributed by atoms with Crippen LogP contribution in [0.4, 0.5) is 0 Å². The first kappa shape index (κ1) is 21.4. The highest BCUT2D eigenvalue weighted by molar-refractivity contribution is 5.66. The molecule has 0 spiro atoms. The molecule has 0 fully saturated rings. The minimum atomic E-state index is -0.712. The van der Waals surface area contributed by atoms with Gasteiger partial charge in [-0.3, -0.25) is 4.79 Å². The molecule has 0 atom stereocenters. The van der Waals surface area contributed by atoms with E-state index in [-0.39, 0.29) is 6.42 Å². The molecular weight excluding hydrogens is 284 g/mol. The summed E-state index contributed by atoms with van der Waals surface area (Å²) in [6.07, 6.45) is 28.8. The molecule has 0 aliphatic rings. The summed E-state index contributed by atoms with van der Waals surface area (Å²) in [4.78, 5) is 10.3. The van der Waals surface area contributed by atoms with Crippen molar-refractivity contribution in [1.29, 1.82) is 0 Å². The van der Waals surface area contributed by atoms with Gasteiger partial charge in [0, 0.05) is 6.42 Å². The van der Waals surface area contributed by atoms with Gasteiger partial charge < -0.3 is 5.11 Å². The Bertz CT molecular complexity index is 375. The van der Waals surface area contributed by atoms with Crippen LogP contribution in [-0.2, 0) is 4.79 Å². The van der Waals surface area contributed by atoms with Crippen molar-refractivity contribution < 1.29 is 9.90 Å². The Hall–Kier alpha value is -1.57. The number of carbonyl (C=O) groups is 1. The van der Waals surface area contributed by atoms with Crippen LogP contribution in [0.3, 0.4) is 0 Å². The molecule has 0 saturated carbocycles. The zero-order chi connectivity index (χ0) is 17.0. The summed E-state index contributed by atoms with van der Waals surface area (Å²) >= 11 is 0. The number of hydrogen-bond acceptors (Lipinski definition) is 1. The molecule has 23 heavy (non-hydrogen) atoms. The average Bonchev–Trinajstić information content (AvgIpc) is 2.53. The maximum Gasteiger partial charge on any atom is 0.303 e. The second kappa shape index (κ2) is 18.5. The van der Waals surface area contributed by atoms with Crippen LogP contribution in [0.15, 0.2) is 48.6 Å². The Balaban J connectivity index is 3.39. The lowest BCUT2D eigenvalue weighted by Crippen LogP contribution is -1.92. The van der Waals surface area contributed by atoms with Crippen molar-refractivity contribution in [1.82, 2.24) is 0 Å². The van der Waals surface area contributed by atoms with Crippen LogP contribution in [0.1, 0.15) is 77.6 Å². The Kier molecular flexibility index (Phi) is 17.2. The standard InChI is InChI=1S/C21H34O2/c1-2-3-4-5-6-7-8-9-10-11-12-13-14-15-16-17-18-19-20-21(22)23/h7-8,10-11,13-14,16-17H,2-6,9,12,15,18-20H2,1H3,(H,22,23). The van der Waals surface area contributed by atoms with E-state index >= 15 is 0 Å². The molecule has 0 amide bonds. The van der Waals surface area contributed by atoms with Gasteiger partial charge >= 0.3 is 5.97 Å². The van der Waals surface area contributed by atoms with Crippen molar-refractivity contribution in [2.24, 2.45) is 0 Å². The Labute approximate surface area is 142 Å². The van der Waals surface area contributed by atoms with Crippen LogP contribution in [0.25, 0.3) is 0 Å². The van der Waals surface area contributed by atoms with Crippen molar-refractivity contribution in [3.63, 3.8) is 0 Å². The van der Waals surface area contributed by atoms with E-state index in [1.807, 2.05) is 0 Å². The maximum absolute atomic E-state index is 10.3. The lowest BCUT2D eigenvalue weighted by molar-refractivity contribution is -0.137. The molecule has 0 heterocycles. The number of unbranched alkanes of at least 4 members (excludes halogenated alkanes) is 5. The summed E-state index contributed by atoms with van der Waals surface area (Å²) in [5.74, 6) is -0.712. The third kappa shape index (κ3) is 20.4. The lowest BCUT2D eigenvalue weighted by Gasteiger charge is -1.93. The number of hydrogen-bond donors (Lipinski definition) is 1. The van der Waals surface area contributed by atoms with Gasteiger partial charge in [-0.05, 0) is 44.9 Å². The molecule has 0 aliphatic carbocycles. The fourth-order valence-electron chi connectivity index (χ4n) is 2.11. The normalized spacial score (nSPS) is 12.4. The van der Waals surface area contributed by atoms with Crippen molar-refractivity contribution in [3.05, 3.63) is 48.6 Å². The molecule has 0 saturated heterocycles. The highest BCUT2D eigenvalue weighted by Crippen LogP contribution is 2.03. The van der Waals surface area contributed by atoms with Gasteiger partial charge in [-0.25, -0.2) is 0 Å². The number of allylic oxidation sites excluding steroid dienone is 8. The van der Waals surface area contributed by atoms with E-state index in [9.17, 15) is 4.79 Å². The van der Waals surface area contributed by atoms with Crippen molar-refractivity contribution >= 4 is 5.97 Å². The van der Waals surface area contributed by atoms with Crippen LogP contribution < -0.4 is 0 Å². The van der Waals surface area contributed by atoms with E-state index in [0.29, 0.717) is 0 Å². The van der Waals surface area contributed by atoms with Crippen LogP contribution >= 0.6 is 0 Å². The molecule has 130 valence electrons. The largest absolute Gasteiger partial charge is 0.481 e. The van der Waals surface area contributed by atoms with Crippen molar-refractivity contribution in [2.75, 3.05) is 0 Å². The molecule has 2 heteroatoms. The highest BCUT2D eigenvalue weighted by atomic mass is 16.4. The van der Waals surface area contributed by atoms with E-state index in [1.165, 1.54) is 32.1 Å². The van der Waals surface area contributed by atoms with Gasteiger partial charge in [0.15, 0.2) is 0 Å². The third-order valence-corrected chi connectivity index (χ3v) is 3.47. The predicted octanol–water partition coefficient (Wildman–Crippen LogP) is 6.61. The van der Waals surface area contributed by atoms with Crippen LogP contribution in [-0.4, -0.2) is 11.1 Å². The molecule has 0 bridgehead atoms. The average molecular weight is 319 g/mol. The molecule has 0 radical (unpaired) electrons. The van der Waals surface area contributed by atoms with E-state index in [4.69, 9.17) is 5.11 Å². The van der Waals surface area contributed by atoms with Crippen LogP contribution in [0.2, 0.25) is 0 Å². The first-order valence-corrected chi connectivity index (χ1v) is 9.09. The molecule has 0 aromatic heterocycles. The number of aliphatic carboxylic acids is 1. The Morgan fingerprint density at radius 3 is 1.65 bits per heavy atom. The molecular formula is C21H34O2. The fourth-order valence-corrected chi connectivity index (χ4v) is 2.11. The molecule has 0 aliphatic heterocycles. The summed E-state index contributed by atoms with van der Waals surface area (Å²) < 4.78 is 0. The second-order valence-corrected chi connectivity index (χ2v) is 5.73. The summed E-state index contributed by atoms with van der Waals surface area (Å²) in [6, 6.07) is 0. The molecule has 1 N–H and O–H groups in total. The van der Waals surface area contributed by atoms with E-state index < -0.39 is 5.97 Å². The number of carboxylic acids is 1. The van der Waals surface area contributed by atoms with E-state index in [1.54, 1.807) is 0 Å². The first-order valence-electron chi connectivity index (χ1n) is 9.09. The van der Waals surface area contributed by atoms with E-state index in [0.717, 1.165) is 32.1 Å². The monoisotopic (exact) mass is 318 g/mol. The van der Waals surface area contributed by atoms with E-state index in [2.05, 4.69) is 55.5 Å². The first-order chi connectivity index (χ1) is 11.3. The molecule has 0 aromatic carbocycles. The summed E-state index contributed by atoms with van der Waals surface area (Å²) in [5, 5.41) is 8.50. The Morgan fingerprint density at radius 2 is 1.17 bits per heavy atom. The number of rotatable bonds is 15. The molecule has 0 rings (SSSR count). The number of carboxylic acid groups (broad SMARTS) is 1. The van der Waals surface area contributed by atoms with Crippen molar-refractivity contribution in [2.45, 2.75) is 77.6 Å². The van der Waals surface area contributed by atoms with Gasteiger partial charge in [0.25, 0.3) is 0 Å². The fraction of sp³-hybridized carbons (Fsp3) is 0.571. The quantitative estimate of drug-likeness (QED) is 0.272. The summed E-state index contributed by atoms with van der Waals surface area (Å²) in [6.45, 7) is 2.24. The molecule has 0 aromatic rings. The highest BCUT2D eigenvalue weighted by Gasteiger charge is 1.92. The molecule has 0 unspecified atom stereocenters. The predicted molar refractivity (Wildman–Crippen MR) is 101 cm³/mol. The molecule has 2 nitrogen and oxygen atoms in total. The smallest absolute Gasteiger partial charge is 0.303 e. The Morgan fingerprint density at radius 1 is 0.696 bits per heavy atom. The summed E-state index contributed by atoms with van der Waals surface area (Å²) in [5.41, 5.74) is 0. The van der Waals surface area contributed by atoms with Gasteiger partial charge in [-0.1, -0.05) is 74.8 Å². The van der Waals surface area contributed by atoms with Crippen molar-refractivity contribution in [3.8, 4) is 0 Å². The minimum Gasteiger partial charge on any atom is -0.481 e. The maximum atomic E-state index is 10.3. The second-order valence-electron chi connectivity index (χ2n) is 5.73. The van der Waals surface area contributed by atoms with Gasteiger partial charge in [-0.2, -0.15) is 0 Å². The lowest BCUT2D eigenvalue weighted by atomic mass is 10.1. The third-order valence-electron chi connectivity index (χ3n) is 3.47.